The lowest BCUT2D eigenvalue weighted by Crippen LogP contribution is -2.43. The van der Waals surface area contributed by atoms with Crippen molar-refractivity contribution in [2.75, 3.05) is 36.2 Å². The van der Waals surface area contributed by atoms with Crippen molar-refractivity contribution in [3.05, 3.63) is 121 Å². The number of aromatic nitrogens is 2. The average molecular weight is 940 g/mol. The van der Waals surface area contributed by atoms with Gasteiger partial charge in [0.05, 0.1) is 11.5 Å². The van der Waals surface area contributed by atoms with Crippen LogP contribution in [0.1, 0.15) is 204 Å². The minimum absolute atomic E-state index is 0.271. The van der Waals surface area contributed by atoms with Gasteiger partial charge >= 0.3 is 0 Å². The molecule has 0 N–H and O–H groups in total. The van der Waals surface area contributed by atoms with Crippen LogP contribution in [-0.4, -0.2) is 36.2 Å². The van der Waals surface area contributed by atoms with E-state index in [4.69, 9.17) is 9.47 Å². The Labute approximate surface area is 414 Å². The maximum absolute atomic E-state index is 6.51. The molecule has 366 valence electrons. The summed E-state index contributed by atoms with van der Waals surface area (Å²) in [7, 11) is 0. The second kappa shape index (κ2) is 38.9. The summed E-state index contributed by atoms with van der Waals surface area (Å²) in [5.74, 6) is 6.25. The molecule has 2 unspecified atom stereocenters. The second-order valence-corrected chi connectivity index (χ2v) is 21.3. The number of unbranched alkanes of at least 4 members (excludes halogenated alkanes) is 24. The molecule has 0 aliphatic heterocycles. The highest BCUT2D eigenvalue weighted by molar-refractivity contribution is 8.02. The summed E-state index contributed by atoms with van der Waals surface area (Å²) in [5.41, 5.74) is 2.80. The van der Waals surface area contributed by atoms with Crippen molar-refractivity contribution < 1.29 is 18.6 Å². The lowest BCUT2D eigenvalue weighted by molar-refractivity contribution is -0.719. The predicted molar refractivity (Wildman–Crippen MR) is 289 cm³/mol. The number of ether oxygens (including phenoxy) is 2. The zero-order valence-corrected chi connectivity index (χ0v) is 43.7. The number of pyridine rings is 2. The van der Waals surface area contributed by atoms with Crippen LogP contribution in [0.4, 0.5) is 0 Å². The van der Waals surface area contributed by atoms with Crippen LogP contribution in [0.25, 0.3) is 0 Å². The first kappa shape index (κ1) is 55.6. The number of nitrogens with zero attached hydrogens (tertiary/aromatic N) is 2. The zero-order valence-electron chi connectivity index (χ0n) is 42.1. The summed E-state index contributed by atoms with van der Waals surface area (Å²) in [4.78, 5) is 0. The van der Waals surface area contributed by atoms with E-state index in [1.807, 2.05) is 23.5 Å². The van der Waals surface area contributed by atoms with Gasteiger partial charge in [-0.3, -0.25) is 0 Å². The van der Waals surface area contributed by atoms with Gasteiger partial charge in [-0.25, -0.2) is 0 Å². The van der Waals surface area contributed by atoms with Gasteiger partial charge in [-0.2, -0.15) is 32.7 Å². The van der Waals surface area contributed by atoms with E-state index in [2.05, 4.69) is 133 Å². The molecule has 2 aromatic heterocycles. The van der Waals surface area contributed by atoms with Gasteiger partial charge in [-0.05, 0) is 61.1 Å². The Balaban J connectivity index is 1.10. The van der Waals surface area contributed by atoms with Crippen molar-refractivity contribution in [3.63, 3.8) is 0 Å². The molecule has 4 nitrogen and oxygen atoms in total. The number of aryl methyl sites for hydroxylation is 2. The Hall–Kier alpha value is -2.96. The van der Waals surface area contributed by atoms with Crippen LogP contribution in [0, 0.1) is 0 Å². The summed E-state index contributed by atoms with van der Waals surface area (Å²) in [5, 5.41) is 0. The fraction of sp³-hybridized carbons (Fsp3) is 0.633. The van der Waals surface area contributed by atoms with Gasteiger partial charge in [0, 0.05) is 35.8 Å². The number of thioether (sulfide) groups is 2. The third kappa shape index (κ3) is 27.1. The second-order valence-electron chi connectivity index (χ2n) is 19.0. The summed E-state index contributed by atoms with van der Waals surface area (Å²) in [6.07, 6.45) is 47.3. The number of rotatable bonds is 43. The van der Waals surface area contributed by atoms with Gasteiger partial charge in [0.25, 0.3) is 0 Å². The Bertz CT molecular complexity index is 1570. The maximum Gasteiger partial charge on any atom is 0.200 e. The molecule has 0 amide bonds. The number of benzene rings is 2. The van der Waals surface area contributed by atoms with Crippen LogP contribution < -0.4 is 18.6 Å². The molecular weight excluding hydrogens is 845 g/mol. The summed E-state index contributed by atoms with van der Waals surface area (Å²) in [6.45, 7) is 5.94. The first-order valence-corrected chi connectivity index (χ1v) is 29.6. The lowest BCUT2D eigenvalue weighted by atomic mass is 10.0. The quantitative estimate of drug-likeness (QED) is 0.0326. The summed E-state index contributed by atoms with van der Waals surface area (Å²) < 4.78 is 17.7. The molecule has 0 fully saturated rings. The topological polar surface area (TPSA) is 26.2 Å². The minimum atomic E-state index is 0.271. The van der Waals surface area contributed by atoms with Crippen molar-refractivity contribution in [2.45, 2.75) is 206 Å². The highest BCUT2D eigenvalue weighted by Gasteiger charge is 2.21. The van der Waals surface area contributed by atoms with E-state index in [1.54, 1.807) is 0 Å². The predicted octanol–water partition coefficient (Wildman–Crippen LogP) is 16.9. The highest BCUT2D eigenvalue weighted by atomic mass is 32.2. The number of hydrogen-bond acceptors (Lipinski definition) is 4. The van der Waals surface area contributed by atoms with E-state index < -0.39 is 0 Å². The molecule has 0 spiro atoms. The largest absolute Gasteiger partial charge is 0.487 e. The minimum Gasteiger partial charge on any atom is -0.487 e. The molecule has 0 saturated heterocycles. The summed E-state index contributed by atoms with van der Waals surface area (Å²) in [6, 6.07) is 31.0. The molecule has 2 heterocycles. The van der Waals surface area contributed by atoms with Crippen LogP contribution in [0.2, 0.25) is 0 Å². The first-order chi connectivity index (χ1) is 32.7. The zero-order chi connectivity index (χ0) is 46.2. The van der Waals surface area contributed by atoms with Crippen LogP contribution in [0.3, 0.4) is 0 Å². The van der Waals surface area contributed by atoms with Gasteiger partial charge in [-0.1, -0.05) is 204 Å². The molecule has 0 aliphatic rings. The van der Waals surface area contributed by atoms with Crippen LogP contribution in [0.15, 0.2) is 110 Å². The van der Waals surface area contributed by atoms with Crippen molar-refractivity contribution in [1.29, 1.82) is 0 Å². The van der Waals surface area contributed by atoms with E-state index in [9.17, 15) is 0 Å². The van der Waals surface area contributed by atoms with Crippen LogP contribution in [0.5, 0.6) is 11.5 Å². The Kier molecular flexibility index (Phi) is 32.8. The van der Waals surface area contributed by atoms with Gasteiger partial charge in [0.1, 0.15) is 11.5 Å². The van der Waals surface area contributed by atoms with E-state index >= 15 is 0 Å². The SMILES string of the molecule is CCCCCCCCCCCCCCCc1cccc(OCC(CSCCSCC(COc2cccc(CCCCCCCCCCCCCCC)c2)[n+]2ccccc2)[n+]2ccccc2)c1. The van der Waals surface area contributed by atoms with Crippen molar-refractivity contribution in [1.82, 2.24) is 0 Å². The smallest absolute Gasteiger partial charge is 0.200 e. The fourth-order valence-corrected chi connectivity index (χ4v) is 11.3. The van der Waals surface area contributed by atoms with Gasteiger partial charge in [0.15, 0.2) is 38.0 Å². The monoisotopic (exact) mass is 939 g/mol. The molecule has 0 saturated carbocycles. The van der Waals surface area contributed by atoms with E-state index in [-0.39, 0.29) is 12.1 Å². The molecule has 66 heavy (non-hydrogen) atoms. The molecule has 6 heteroatoms. The molecule has 0 radical (unpaired) electrons. The first-order valence-electron chi connectivity index (χ1n) is 27.3. The standard InChI is InChI=1S/C60H94N2O2S2/c1-3-5-7-9-11-13-15-17-19-21-23-25-29-37-55-39-35-41-59(49-55)63-51-57(61-43-31-27-32-44-61)53-65-47-48-66-54-58(62-45-33-28-34-46-62)52-64-60-42-36-40-56(50-60)38-30-26-24-22-20-18-16-14-12-10-8-6-4-2/h27-28,31-36,39-46,49-50,57-58H,3-26,29-30,37-38,47-48,51-54H2,1-2H3/q+2. The van der Waals surface area contributed by atoms with Crippen molar-refractivity contribution in [2.24, 2.45) is 0 Å². The highest BCUT2D eigenvalue weighted by Crippen LogP contribution is 2.22. The van der Waals surface area contributed by atoms with E-state index in [0.717, 1.165) is 47.4 Å². The molecule has 4 aromatic rings. The van der Waals surface area contributed by atoms with Crippen molar-refractivity contribution >= 4 is 23.5 Å². The third-order valence-corrected chi connectivity index (χ3v) is 15.6. The van der Waals surface area contributed by atoms with E-state index in [0.29, 0.717) is 13.2 Å². The Morgan fingerprint density at radius 1 is 0.379 bits per heavy atom. The molecule has 0 aliphatic carbocycles. The average Bonchev–Trinajstić information content (AvgIpc) is 3.35. The molecule has 0 bridgehead atoms. The van der Waals surface area contributed by atoms with Gasteiger partial charge < -0.3 is 9.47 Å². The third-order valence-electron chi connectivity index (χ3n) is 13.1. The van der Waals surface area contributed by atoms with E-state index in [1.165, 1.54) is 178 Å². The Morgan fingerprint density at radius 3 is 1.03 bits per heavy atom. The van der Waals surface area contributed by atoms with Gasteiger partial charge in [-0.15, -0.1) is 0 Å². The molecular formula is C60H94N2O2S2+2. The lowest BCUT2D eigenvalue weighted by Gasteiger charge is -2.15. The van der Waals surface area contributed by atoms with Crippen LogP contribution >= 0.6 is 23.5 Å². The van der Waals surface area contributed by atoms with Crippen LogP contribution in [-0.2, 0) is 12.8 Å². The summed E-state index contributed by atoms with van der Waals surface area (Å²) >= 11 is 4.07. The molecule has 4 rings (SSSR count). The van der Waals surface area contributed by atoms with Gasteiger partial charge in [0.2, 0.25) is 12.1 Å². The normalized spacial score (nSPS) is 12.3. The number of hydrogen-bond donors (Lipinski definition) is 0. The maximum atomic E-state index is 6.51. The Morgan fingerprint density at radius 2 is 0.697 bits per heavy atom. The molecule has 2 atom stereocenters. The fourth-order valence-electron chi connectivity index (χ4n) is 8.97. The molecule has 2 aromatic carbocycles. The van der Waals surface area contributed by atoms with Crippen molar-refractivity contribution in [3.8, 4) is 11.5 Å².